The Bertz CT molecular complexity index is 772. The van der Waals surface area contributed by atoms with Crippen LogP contribution >= 0.6 is 0 Å². The van der Waals surface area contributed by atoms with Gasteiger partial charge in [0.1, 0.15) is 34.3 Å². The van der Waals surface area contributed by atoms with Crippen LogP contribution in [0.5, 0.6) is 28.7 Å². The molecule has 0 aromatic heterocycles. The van der Waals surface area contributed by atoms with E-state index in [1.807, 2.05) is 0 Å². The molecule has 0 unspecified atom stereocenters. The Kier molecular flexibility index (Phi) is 5.89. The van der Waals surface area contributed by atoms with Crippen molar-refractivity contribution in [1.29, 1.82) is 0 Å². The van der Waals surface area contributed by atoms with Crippen LogP contribution in [0.2, 0.25) is 0 Å². The lowest BCUT2D eigenvalue weighted by Crippen LogP contribution is -2.01. The number of carbonyl (C=O) groups excluding carboxylic acids is 1. The molecule has 1 N–H and O–H groups in total. The number of phenolic OH excluding ortho intramolecular Hbond substituents is 1. The SMILES string of the molecule is COc1cc(O)c(C(=O)/C=C/c2c(OC)cccc2OC)c(OC)c1. The number of hydrogen-bond donors (Lipinski definition) is 1. The molecule has 6 heteroatoms. The van der Waals surface area contributed by atoms with Gasteiger partial charge >= 0.3 is 0 Å². The normalized spacial score (nSPS) is 10.6. The van der Waals surface area contributed by atoms with Gasteiger partial charge in [-0.25, -0.2) is 0 Å². The predicted molar refractivity (Wildman–Crippen MR) is 94.1 cm³/mol. The highest BCUT2D eigenvalue weighted by atomic mass is 16.5. The first kappa shape index (κ1) is 18.2. The zero-order valence-corrected chi connectivity index (χ0v) is 14.5. The Hall–Kier alpha value is -3.15. The van der Waals surface area contributed by atoms with Crippen LogP contribution in [0.4, 0.5) is 0 Å². The van der Waals surface area contributed by atoms with E-state index in [-0.39, 0.29) is 17.1 Å². The van der Waals surface area contributed by atoms with Crippen molar-refractivity contribution in [1.82, 2.24) is 0 Å². The maximum atomic E-state index is 12.6. The van der Waals surface area contributed by atoms with E-state index in [9.17, 15) is 9.90 Å². The molecule has 0 aliphatic carbocycles. The van der Waals surface area contributed by atoms with Crippen LogP contribution in [0.1, 0.15) is 15.9 Å². The van der Waals surface area contributed by atoms with Crippen molar-refractivity contribution in [2.45, 2.75) is 0 Å². The summed E-state index contributed by atoms with van der Waals surface area (Å²) < 4.78 is 20.8. The van der Waals surface area contributed by atoms with Gasteiger partial charge in [0.15, 0.2) is 5.78 Å². The number of carbonyl (C=O) groups is 1. The van der Waals surface area contributed by atoms with Gasteiger partial charge in [-0.2, -0.15) is 0 Å². The number of methoxy groups -OCH3 is 4. The highest BCUT2D eigenvalue weighted by molar-refractivity contribution is 6.10. The Morgan fingerprint density at radius 1 is 0.920 bits per heavy atom. The molecule has 0 heterocycles. The van der Waals surface area contributed by atoms with Gasteiger partial charge in [-0.05, 0) is 24.3 Å². The largest absolute Gasteiger partial charge is 0.507 e. The fraction of sp³-hybridized carbons (Fsp3) is 0.211. The van der Waals surface area contributed by atoms with Crippen molar-refractivity contribution >= 4 is 11.9 Å². The van der Waals surface area contributed by atoms with E-state index in [0.717, 1.165) is 0 Å². The second-order valence-electron chi connectivity index (χ2n) is 5.00. The molecule has 0 radical (unpaired) electrons. The highest BCUT2D eigenvalue weighted by Gasteiger charge is 2.18. The van der Waals surface area contributed by atoms with Crippen LogP contribution in [-0.2, 0) is 0 Å². The molecule has 6 nitrogen and oxygen atoms in total. The number of rotatable bonds is 7. The first-order valence-electron chi connectivity index (χ1n) is 7.44. The van der Waals surface area contributed by atoms with E-state index < -0.39 is 5.78 Å². The molecule has 0 spiro atoms. The van der Waals surface area contributed by atoms with Crippen LogP contribution in [0.3, 0.4) is 0 Å². The topological polar surface area (TPSA) is 74.2 Å². The van der Waals surface area contributed by atoms with Crippen LogP contribution in [-0.4, -0.2) is 39.3 Å². The van der Waals surface area contributed by atoms with Gasteiger partial charge in [-0.15, -0.1) is 0 Å². The van der Waals surface area contributed by atoms with E-state index in [0.29, 0.717) is 22.8 Å². The zero-order chi connectivity index (χ0) is 18.4. The van der Waals surface area contributed by atoms with Gasteiger partial charge in [0, 0.05) is 12.1 Å². The summed E-state index contributed by atoms with van der Waals surface area (Å²) in [6.45, 7) is 0. The van der Waals surface area contributed by atoms with Gasteiger partial charge in [0.25, 0.3) is 0 Å². The molecule has 25 heavy (non-hydrogen) atoms. The van der Waals surface area contributed by atoms with Crippen molar-refractivity contribution in [3.8, 4) is 28.7 Å². The fourth-order valence-electron chi connectivity index (χ4n) is 2.39. The number of aromatic hydroxyl groups is 1. The first-order valence-corrected chi connectivity index (χ1v) is 7.44. The van der Waals surface area contributed by atoms with Gasteiger partial charge < -0.3 is 24.1 Å². The van der Waals surface area contributed by atoms with Crippen molar-refractivity contribution in [2.24, 2.45) is 0 Å². The minimum atomic E-state index is -0.426. The smallest absolute Gasteiger partial charge is 0.193 e. The molecule has 0 aliphatic heterocycles. The van der Waals surface area contributed by atoms with E-state index >= 15 is 0 Å². The molecule has 0 fully saturated rings. The van der Waals surface area contributed by atoms with Crippen LogP contribution in [0.15, 0.2) is 36.4 Å². The number of hydrogen-bond acceptors (Lipinski definition) is 6. The molecule has 0 saturated carbocycles. The van der Waals surface area contributed by atoms with Crippen molar-refractivity contribution in [3.05, 3.63) is 47.5 Å². The Labute approximate surface area is 146 Å². The maximum Gasteiger partial charge on any atom is 0.193 e. The third-order valence-electron chi connectivity index (χ3n) is 3.62. The highest BCUT2D eigenvalue weighted by Crippen LogP contribution is 2.35. The average Bonchev–Trinajstić information content (AvgIpc) is 2.64. The number of ketones is 1. The molecule has 132 valence electrons. The lowest BCUT2D eigenvalue weighted by atomic mass is 10.1. The lowest BCUT2D eigenvalue weighted by molar-refractivity contribution is 0.104. The summed E-state index contributed by atoms with van der Waals surface area (Å²) in [6, 6.07) is 8.20. The van der Waals surface area contributed by atoms with Crippen LogP contribution in [0, 0.1) is 0 Å². The minimum Gasteiger partial charge on any atom is -0.507 e. The summed E-state index contributed by atoms with van der Waals surface area (Å²) >= 11 is 0. The molecule has 2 aromatic rings. The van der Waals surface area contributed by atoms with Crippen molar-refractivity contribution in [3.63, 3.8) is 0 Å². The van der Waals surface area contributed by atoms with Crippen LogP contribution in [0.25, 0.3) is 6.08 Å². The van der Waals surface area contributed by atoms with Gasteiger partial charge in [0.2, 0.25) is 0 Å². The monoisotopic (exact) mass is 344 g/mol. The van der Waals surface area contributed by atoms with E-state index in [2.05, 4.69) is 0 Å². The van der Waals surface area contributed by atoms with E-state index in [1.54, 1.807) is 24.3 Å². The molecule has 0 amide bonds. The molecular weight excluding hydrogens is 324 g/mol. The predicted octanol–water partition coefficient (Wildman–Crippen LogP) is 3.32. The van der Waals surface area contributed by atoms with Gasteiger partial charge in [-0.1, -0.05) is 6.07 Å². The second kappa shape index (κ2) is 8.10. The summed E-state index contributed by atoms with van der Waals surface area (Å²) in [5, 5.41) is 10.1. The standard InChI is InChI=1S/C19H20O6/c1-22-12-10-15(21)19(18(11-12)25-4)14(20)9-8-13-16(23-2)6-5-7-17(13)24-3/h5-11,21H,1-4H3/b9-8+. The molecule has 0 aliphatic rings. The number of allylic oxidation sites excluding steroid dienone is 1. The number of benzene rings is 2. The third kappa shape index (κ3) is 3.85. The Morgan fingerprint density at radius 2 is 1.52 bits per heavy atom. The van der Waals surface area contributed by atoms with Gasteiger partial charge in [-0.3, -0.25) is 4.79 Å². The number of ether oxygens (including phenoxy) is 4. The summed E-state index contributed by atoms with van der Waals surface area (Å²) in [5.74, 6) is 1.09. The van der Waals surface area contributed by atoms with Gasteiger partial charge in [0.05, 0.1) is 34.0 Å². The summed E-state index contributed by atoms with van der Waals surface area (Å²) in [4.78, 5) is 12.6. The molecule has 2 aromatic carbocycles. The molecule has 0 atom stereocenters. The summed E-state index contributed by atoms with van der Waals surface area (Å²) in [5.41, 5.74) is 0.668. The molecule has 0 bridgehead atoms. The molecule has 2 rings (SSSR count). The molecule has 0 saturated heterocycles. The summed E-state index contributed by atoms with van der Waals surface area (Å²) in [6.07, 6.45) is 2.90. The number of phenols is 1. The van der Waals surface area contributed by atoms with E-state index in [4.69, 9.17) is 18.9 Å². The lowest BCUT2D eigenvalue weighted by Gasteiger charge is -2.11. The minimum absolute atomic E-state index is 0.0495. The van der Waals surface area contributed by atoms with Crippen LogP contribution < -0.4 is 18.9 Å². The second-order valence-corrected chi connectivity index (χ2v) is 5.00. The quantitative estimate of drug-likeness (QED) is 0.613. The fourth-order valence-corrected chi connectivity index (χ4v) is 2.39. The summed E-state index contributed by atoms with van der Waals surface area (Å²) in [7, 11) is 5.94. The van der Waals surface area contributed by atoms with Crippen molar-refractivity contribution in [2.75, 3.05) is 28.4 Å². The Balaban J connectivity index is 2.43. The van der Waals surface area contributed by atoms with E-state index in [1.165, 1.54) is 46.6 Å². The third-order valence-corrected chi connectivity index (χ3v) is 3.62. The maximum absolute atomic E-state index is 12.6. The average molecular weight is 344 g/mol. The zero-order valence-electron chi connectivity index (χ0n) is 14.5. The van der Waals surface area contributed by atoms with Crippen molar-refractivity contribution < 1.29 is 28.8 Å². The first-order chi connectivity index (χ1) is 12.0. The Morgan fingerprint density at radius 3 is 2.04 bits per heavy atom. The molecular formula is C19H20O6.